The Morgan fingerprint density at radius 3 is 2.52 bits per heavy atom. The summed E-state index contributed by atoms with van der Waals surface area (Å²) >= 11 is 0. The fraction of sp³-hybridized carbons (Fsp3) is 0.500. The second-order valence-electron chi connectivity index (χ2n) is 5.60. The van der Waals surface area contributed by atoms with Crippen LogP contribution in [-0.4, -0.2) is 23.3 Å². The molecule has 0 fully saturated rings. The van der Waals surface area contributed by atoms with Crippen molar-refractivity contribution in [3.63, 3.8) is 0 Å². The van der Waals surface area contributed by atoms with Gasteiger partial charge in [0.15, 0.2) is 0 Å². The Kier molecular flexibility index (Phi) is 5.11. The third-order valence-corrected chi connectivity index (χ3v) is 2.49. The summed E-state index contributed by atoms with van der Waals surface area (Å²) in [5, 5.41) is 11.6. The molecule has 1 aromatic carbocycles. The van der Waals surface area contributed by atoms with Crippen molar-refractivity contribution in [2.45, 2.75) is 38.7 Å². The monoisotopic (exact) mass is 302 g/mol. The van der Waals surface area contributed by atoms with Crippen LogP contribution < -0.4 is 11.1 Å². The number of nitrogens with two attached hydrogens (primary N) is 1. The predicted molar refractivity (Wildman–Crippen MR) is 75.5 cm³/mol. The van der Waals surface area contributed by atoms with Gasteiger partial charge in [0.2, 0.25) is 0 Å². The summed E-state index contributed by atoms with van der Waals surface area (Å²) in [6.45, 7) is 4.75. The number of phenolic OH excluding ortho intramolecular Hbond substituents is 1. The van der Waals surface area contributed by atoms with Crippen LogP contribution in [0.25, 0.3) is 0 Å². The molecule has 21 heavy (non-hydrogen) atoms. The van der Waals surface area contributed by atoms with E-state index in [1.165, 1.54) is 12.1 Å². The molecule has 0 aliphatic rings. The highest BCUT2D eigenvalue weighted by atomic mass is 19.3. The van der Waals surface area contributed by atoms with Crippen LogP contribution in [-0.2, 0) is 10.7 Å². The molecule has 4 N–H and O–H groups in total. The van der Waals surface area contributed by atoms with Gasteiger partial charge in [0.25, 0.3) is 5.92 Å². The van der Waals surface area contributed by atoms with E-state index in [-0.39, 0.29) is 18.0 Å². The zero-order valence-corrected chi connectivity index (χ0v) is 12.2. The minimum Gasteiger partial charge on any atom is -0.508 e. The first-order chi connectivity index (χ1) is 9.55. The van der Waals surface area contributed by atoms with Crippen LogP contribution in [0.5, 0.6) is 5.75 Å². The molecular weight excluding hydrogens is 282 g/mol. The highest BCUT2D eigenvalue weighted by Gasteiger charge is 2.34. The Bertz CT molecular complexity index is 513. The van der Waals surface area contributed by atoms with Gasteiger partial charge in [-0.3, -0.25) is 5.32 Å². The van der Waals surface area contributed by atoms with Gasteiger partial charge in [-0.15, -0.1) is 0 Å². The van der Waals surface area contributed by atoms with E-state index in [1.807, 2.05) is 0 Å². The number of phenols is 1. The van der Waals surface area contributed by atoms with E-state index in [0.29, 0.717) is 0 Å². The summed E-state index contributed by atoms with van der Waals surface area (Å²) in [5.41, 5.74) is 3.80. The van der Waals surface area contributed by atoms with Gasteiger partial charge in [-0.05, 0) is 45.5 Å². The van der Waals surface area contributed by atoms with Crippen molar-refractivity contribution in [2.75, 3.05) is 11.9 Å². The largest absolute Gasteiger partial charge is 0.508 e. The van der Waals surface area contributed by atoms with Gasteiger partial charge in [0.05, 0.1) is 5.69 Å². The molecule has 1 amide bonds. The first-order valence-corrected chi connectivity index (χ1v) is 6.46. The zero-order valence-electron chi connectivity index (χ0n) is 12.2. The summed E-state index contributed by atoms with van der Waals surface area (Å²) in [4.78, 5) is 11.7. The third-order valence-electron chi connectivity index (χ3n) is 2.49. The summed E-state index contributed by atoms with van der Waals surface area (Å²) in [7, 11) is 0. The second kappa shape index (κ2) is 6.26. The first kappa shape index (κ1) is 17.2. The molecule has 0 bridgehead atoms. The van der Waals surface area contributed by atoms with Gasteiger partial charge >= 0.3 is 6.09 Å². The van der Waals surface area contributed by atoms with Gasteiger partial charge in [0, 0.05) is 12.0 Å². The number of hydrogen-bond donors (Lipinski definition) is 3. The topological polar surface area (TPSA) is 84.6 Å². The molecule has 1 rings (SSSR count). The minimum absolute atomic E-state index is 0.125. The molecule has 1 aromatic rings. The predicted octanol–water partition coefficient (Wildman–Crippen LogP) is 3.18. The lowest BCUT2D eigenvalue weighted by Gasteiger charge is -2.23. The van der Waals surface area contributed by atoms with Gasteiger partial charge in [-0.1, -0.05) is 0 Å². The highest BCUT2D eigenvalue weighted by molar-refractivity contribution is 5.86. The molecule has 7 heteroatoms. The van der Waals surface area contributed by atoms with Gasteiger partial charge in [-0.25, -0.2) is 13.6 Å². The van der Waals surface area contributed by atoms with Crippen molar-refractivity contribution in [1.82, 2.24) is 0 Å². The molecule has 0 saturated heterocycles. The summed E-state index contributed by atoms with van der Waals surface area (Å²) in [6, 6.07) is 3.30. The van der Waals surface area contributed by atoms with Crippen LogP contribution in [0.2, 0.25) is 0 Å². The fourth-order valence-electron chi connectivity index (χ4n) is 1.67. The van der Waals surface area contributed by atoms with E-state index in [9.17, 15) is 18.7 Å². The van der Waals surface area contributed by atoms with Gasteiger partial charge in [0.1, 0.15) is 11.4 Å². The van der Waals surface area contributed by atoms with Crippen molar-refractivity contribution in [3.8, 4) is 5.75 Å². The minimum atomic E-state index is -3.27. The van der Waals surface area contributed by atoms with Crippen LogP contribution in [0.3, 0.4) is 0 Å². The van der Waals surface area contributed by atoms with Crippen LogP contribution in [0, 0.1) is 0 Å². The number of aromatic hydroxyl groups is 1. The number of halogens is 2. The van der Waals surface area contributed by atoms with Crippen LogP contribution in [0.15, 0.2) is 18.2 Å². The number of hydrogen-bond acceptors (Lipinski definition) is 4. The number of amides is 1. The average Bonchev–Trinajstić information content (AvgIpc) is 2.28. The summed E-state index contributed by atoms with van der Waals surface area (Å²) < 4.78 is 33.0. The lowest BCUT2D eigenvalue weighted by Crippen LogP contribution is -2.28. The highest BCUT2D eigenvalue weighted by Crippen LogP contribution is 2.38. The van der Waals surface area contributed by atoms with Crippen molar-refractivity contribution in [3.05, 3.63) is 23.8 Å². The smallest absolute Gasteiger partial charge is 0.412 e. The molecular formula is C14H20F2N2O3. The number of rotatable bonds is 4. The molecule has 0 atom stereocenters. The third kappa shape index (κ3) is 5.18. The molecule has 0 aliphatic heterocycles. The Morgan fingerprint density at radius 2 is 2.00 bits per heavy atom. The van der Waals surface area contributed by atoms with E-state index in [0.717, 1.165) is 6.07 Å². The number of ether oxygens (including phenoxy) is 1. The van der Waals surface area contributed by atoms with Crippen molar-refractivity contribution in [2.24, 2.45) is 5.73 Å². The molecule has 0 heterocycles. The number of carbonyl (C=O) groups excluding carboxylic acids is 1. The van der Waals surface area contributed by atoms with E-state index in [1.54, 1.807) is 20.8 Å². The lowest BCUT2D eigenvalue weighted by atomic mass is 10.0. The number of anilines is 1. The standard InChI is InChI=1S/C14H20F2N2O3/c1-13(2,3)21-12(20)18-11-5-4-9(19)8-10(11)14(15,16)6-7-17/h4-5,8,19H,6-7,17H2,1-3H3,(H,18,20). The molecule has 0 spiro atoms. The average molecular weight is 302 g/mol. The molecule has 0 saturated carbocycles. The number of benzene rings is 1. The zero-order chi connectivity index (χ0) is 16.3. The molecule has 5 nitrogen and oxygen atoms in total. The number of carbonyl (C=O) groups is 1. The molecule has 0 radical (unpaired) electrons. The normalized spacial score (nSPS) is 12.1. The maximum atomic E-state index is 14.0. The lowest BCUT2D eigenvalue weighted by molar-refractivity contribution is -0.0101. The Hall–Kier alpha value is -1.89. The molecule has 0 unspecified atom stereocenters. The van der Waals surface area contributed by atoms with Gasteiger partial charge < -0.3 is 15.6 Å². The Morgan fingerprint density at radius 1 is 1.38 bits per heavy atom. The number of nitrogens with one attached hydrogen (secondary N) is 1. The summed E-state index contributed by atoms with van der Waals surface area (Å²) in [5.74, 6) is -3.59. The summed E-state index contributed by atoms with van der Waals surface area (Å²) in [6.07, 6.45) is -1.45. The quantitative estimate of drug-likeness (QED) is 0.746. The fourth-order valence-corrected chi connectivity index (χ4v) is 1.67. The van der Waals surface area contributed by atoms with E-state index >= 15 is 0 Å². The van der Waals surface area contributed by atoms with Crippen molar-refractivity contribution >= 4 is 11.8 Å². The molecule has 0 aromatic heterocycles. The van der Waals surface area contributed by atoms with Crippen molar-refractivity contribution in [1.29, 1.82) is 0 Å². The SMILES string of the molecule is CC(C)(C)OC(=O)Nc1ccc(O)cc1C(F)(F)CCN. The maximum absolute atomic E-state index is 14.0. The maximum Gasteiger partial charge on any atom is 0.412 e. The van der Waals surface area contributed by atoms with E-state index in [4.69, 9.17) is 10.5 Å². The number of alkyl halides is 2. The second-order valence-corrected chi connectivity index (χ2v) is 5.60. The van der Waals surface area contributed by atoms with E-state index < -0.39 is 29.6 Å². The molecule has 118 valence electrons. The van der Waals surface area contributed by atoms with Crippen LogP contribution in [0.4, 0.5) is 19.3 Å². The van der Waals surface area contributed by atoms with Crippen LogP contribution >= 0.6 is 0 Å². The van der Waals surface area contributed by atoms with E-state index in [2.05, 4.69) is 5.32 Å². The molecule has 0 aliphatic carbocycles. The Labute approximate surface area is 122 Å². The van der Waals surface area contributed by atoms with Crippen molar-refractivity contribution < 1.29 is 23.4 Å². The Balaban J connectivity index is 3.05. The van der Waals surface area contributed by atoms with Crippen LogP contribution in [0.1, 0.15) is 32.8 Å². The van der Waals surface area contributed by atoms with Gasteiger partial charge in [-0.2, -0.15) is 0 Å². The first-order valence-electron chi connectivity index (χ1n) is 6.46.